The van der Waals surface area contributed by atoms with Crippen molar-refractivity contribution in [1.29, 1.82) is 0 Å². The molecule has 2 rings (SSSR count). The van der Waals surface area contributed by atoms with E-state index >= 15 is 0 Å². The fraction of sp³-hybridized carbons (Fsp3) is 0.500. The third-order valence-electron chi connectivity index (χ3n) is 2.93. The van der Waals surface area contributed by atoms with Gasteiger partial charge >= 0.3 is 12.1 Å². The molecule has 1 aliphatic carbocycles. The normalized spacial score (nSPS) is 16.0. The van der Waals surface area contributed by atoms with Gasteiger partial charge < -0.3 is 9.47 Å². The third-order valence-corrected chi connectivity index (χ3v) is 2.93. The van der Waals surface area contributed by atoms with E-state index in [2.05, 4.69) is 5.32 Å². The lowest BCUT2D eigenvalue weighted by Gasteiger charge is -2.23. The van der Waals surface area contributed by atoms with Gasteiger partial charge in [-0.15, -0.1) is 0 Å². The van der Waals surface area contributed by atoms with Crippen LogP contribution >= 0.6 is 0 Å². The van der Waals surface area contributed by atoms with E-state index in [0.717, 1.165) is 5.56 Å². The topological polar surface area (TPSA) is 64.6 Å². The Bertz CT molecular complexity index is 515. The molecule has 1 aromatic rings. The molecule has 1 aliphatic rings. The van der Waals surface area contributed by atoms with Crippen molar-refractivity contribution in [2.75, 3.05) is 0 Å². The zero-order chi connectivity index (χ0) is 15.5. The Morgan fingerprint density at radius 1 is 1.19 bits per heavy atom. The van der Waals surface area contributed by atoms with Gasteiger partial charge in [-0.1, -0.05) is 30.3 Å². The molecule has 1 saturated carbocycles. The first-order chi connectivity index (χ1) is 9.78. The molecule has 0 aliphatic heterocycles. The van der Waals surface area contributed by atoms with Gasteiger partial charge in [0.1, 0.15) is 5.60 Å². The minimum Gasteiger partial charge on any atom is -0.444 e. The van der Waals surface area contributed by atoms with Crippen molar-refractivity contribution >= 4 is 12.1 Å². The Balaban J connectivity index is 1.84. The van der Waals surface area contributed by atoms with Crippen LogP contribution in [0.25, 0.3) is 0 Å². The summed E-state index contributed by atoms with van der Waals surface area (Å²) in [5.41, 5.74) is -0.571. The quantitative estimate of drug-likeness (QED) is 0.684. The molecule has 1 aromatic carbocycles. The molecule has 0 aromatic heterocycles. The van der Waals surface area contributed by atoms with Crippen LogP contribution in [0.15, 0.2) is 30.3 Å². The summed E-state index contributed by atoms with van der Waals surface area (Å²) in [5, 5.41) is 2.64. The maximum atomic E-state index is 11.9. The van der Waals surface area contributed by atoms with Crippen LogP contribution < -0.4 is 5.32 Å². The lowest BCUT2D eigenvalue weighted by atomic mass is 10.2. The molecule has 114 valence electrons. The molecule has 0 heterocycles. The molecule has 21 heavy (non-hydrogen) atoms. The molecule has 0 radical (unpaired) electrons. The van der Waals surface area contributed by atoms with E-state index in [1.165, 1.54) is 0 Å². The average molecular weight is 291 g/mol. The second-order valence-electron chi connectivity index (χ2n) is 6.26. The number of amides is 1. The number of hydrogen-bond donors (Lipinski definition) is 1. The third kappa shape index (κ3) is 5.10. The second-order valence-corrected chi connectivity index (χ2v) is 6.26. The highest BCUT2D eigenvalue weighted by Gasteiger charge is 2.49. The van der Waals surface area contributed by atoms with Crippen LogP contribution in [0.3, 0.4) is 0 Å². The van der Waals surface area contributed by atoms with Crippen molar-refractivity contribution in [1.82, 2.24) is 5.32 Å². The van der Waals surface area contributed by atoms with Gasteiger partial charge in [-0.05, 0) is 26.3 Å². The van der Waals surface area contributed by atoms with Crippen LogP contribution in [0, 0.1) is 0 Å². The Hall–Kier alpha value is -2.04. The summed E-state index contributed by atoms with van der Waals surface area (Å²) in [4.78, 5) is 23.6. The second kappa shape index (κ2) is 5.76. The van der Waals surface area contributed by atoms with Gasteiger partial charge in [0, 0.05) is 12.8 Å². The monoisotopic (exact) mass is 291 g/mol. The van der Waals surface area contributed by atoms with Gasteiger partial charge in [0.2, 0.25) is 0 Å². The Kier molecular flexibility index (Phi) is 4.21. The first kappa shape index (κ1) is 15.4. The number of nitrogens with one attached hydrogen (secondary N) is 1. The van der Waals surface area contributed by atoms with Crippen molar-refractivity contribution in [3.63, 3.8) is 0 Å². The molecular weight excluding hydrogens is 270 g/mol. The van der Waals surface area contributed by atoms with E-state index in [9.17, 15) is 9.59 Å². The number of carbonyl (C=O) groups is 2. The molecule has 0 unspecified atom stereocenters. The van der Waals surface area contributed by atoms with Gasteiger partial charge in [0.05, 0.1) is 6.42 Å². The van der Waals surface area contributed by atoms with E-state index < -0.39 is 17.4 Å². The predicted molar refractivity (Wildman–Crippen MR) is 77.6 cm³/mol. The van der Waals surface area contributed by atoms with Crippen molar-refractivity contribution < 1.29 is 19.1 Å². The largest absolute Gasteiger partial charge is 0.444 e. The maximum absolute atomic E-state index is 11.9. The number of alkyl carbamates (subject to hydrolysis) is 1. The zero-order valence-corrected chi connectivity index (χ0v) is 12.6. The summed E-state index contributed by atoms with van der Waals surface area (Å²) in [6, 6.07) is 9.36. The predicted octanol–water partition coefficient (Wildman–Crippen LogP) is 2.79. The highest BCUT2D eigenvalue weighted by atomic mass is 16.6. The van der Waals surface area contributed by atoms with Gasteiger partial charge in [-0.25, -0.2) is 4.79 Å². The van der Waals surface area contributed by atoms with Crippen LogP contribution in [0.1, 0.15) is 39.2 Å². The summed E-state index contributed by atoms with van der Waals surface area (Å²) in [6.45, 7) is 5.36. The number of esters is 1. The number of benzene rings is 1. The minimum atomic E-state index is -0.881. The minimum absolute atomic E-state index is 0.193. The molecule has 0 bridgehead atoms. The zero-order valence-electron chi connectivity index (χ0n) is 12.6. The van der Waals surface area contributed by atoms with Crippen LogP contribution in [-0.4, -0.2) is 23.4 Å². The first-order valence-electron chi connectivity index (χ1n) is 7.05. The fourth-order valence-corrected chi connectivity index (χ4v) is 1.87. The van der Waals surface area contributed by atoms with Gasteiger partial charge in [0.25, 0.3) is 0 Å². The van der Waals surface area contributed by atoms with Crippen molar-refractivity contribution in [3.05, 3.63) is 35.9 Å². The van der Waals surface area contributed by atoms with E-state index in [4.69, 9.17) is 9.47 Å². The molecular formula is C16H21NO4. The van der Waals surface area contributed by atoms with Gasteiger partial charge in [0.15, 0.2) is 5.72 Å². The molecule has 1 N–H and O–H groups in total. The summed E-state index contributed by atoms with van der Waals surface area (Å²) in [7, 11) is 0. The molecule has 0 saturated heterocycles. The van der Waals surface area contributed by atoms with Gasteiger partial charge in [-0.2, -0.15) is 0 Å². The molecule has 1 fully saturated rings. The van der Waals surface area contributed by atoms with Crippen LogP contribution in [-0.2, 0) is 20.7 Å². The molecule has 0 spiro atoms. The first-order valence-corrected chi connectivity index (χ1v) is 7.05. The Morgan fingerprint density at radius 2 is 1.81 bits per heavy atom. The number of ether oxygens (including phenoxy) is 2. The SMILES string of the molecule is CC(C)(C)OC(=O)NC1(OC(=O)Cc2ccccc2)CC1. The van der Waals surface area contributed by atoms with Crippen LogP contribution in [0.2, 0.25) is 0 Å². The maximum Gasteiger partial charge on any atom is 0.410 e. The summed E-state index contributed by atoms with van der Waals surface area (Å²) in [5.74, 6) is -0.352. The Labute approximate surface area is 124 Å². The highest BCUT2D eigenvalue weighted by molar-refractivity contribution is 5.75. The lowest BCUT2D eigenvalue weighted by molar-refractivity contribution is -0.151. The number of rotatable bonds is 4. The smallest absolute Gasteiger partial charge is 0.410 e. The van der Waals surface area contributed by atoms with E-state index in [0.29, 0.717) is 12.8 Å². The van der Waals surface area contributed by atoms with Crippen molar-refractivity contribution in [2.45, 2.75) is 51.4 Å². The number of carbonyl (C=O) groups excluding carboxylic acids is 2. The standard InChI is InChI=1S/C16H21NO4/c1-15(2,3)21-14(19)17-16(9-10-16)20-13(18)11-12-7-5-4-6-8-12/h4-8H,9-11H2,1-3H3,(H,17,19). The summed E-state index contributed by atoms with van der Waals surface area (Å²) in [6.07, 6.45) is 0.866. The van der Waals surface area contributed by atoms with Gasteiger partial charge in [-0.3, -0.25) is 10.1 Å². The molecule has 0 atom stereocenters. The summed E-state index contributed by atoms with van der Waals surface area (Å²) < 4.78 is 10.6. The van der Waals surface area contributed by atoms with Crippen LogP contribution in [0.5, 0.6) is 0 Å². The van der Waals surface area contributed by atoms with E-state index in [-0.39, 0.29) is 12.4 Å². The fourth-order valence-electron chi connectivity index (χ4n) is 1.87. The molecule has 5 nitrogen and oxygen atoms in total. The van der Waals surface area contributed by atoms with E-state index in [1.807, 2.05) is 30.3 Å². The summed E-state index contributed by atoms with van der Waals surface area (Å²) >= 11 is 0. The van der Waals surface area contributed by atoms with E-state index in [1.54, 1.807) is 20.8 Å². The van der Waals surface area contributed by atoms with Crippen LogP contribution in [0.4, 0.5) is 4.79 Å². The highest BCUT2D eigenvalue weighted by Crippen LogP contribution is 2.37. The van der Waals surface area contributed by atoms with Crippen molar-refractivity contribution in [3.8, 4) is 0 Å². The molecule has 1 amide bonds. The molecule has 5 heteroatoms. The number of hydrogen-bond acceptors (Lipinski definition) is 4. The average Bonchev–Trinajstić information content (AvgIpc) is 3.06. The lowest BCUT2D eigenvalue weighted by Crippen LogP contribution is -2.43. The Morgan fingerprint density at radius 3 is 2.33 bits per heavy atom. The van der Waals surface area contributed by atoms with Crippen molar-refractivity contribution in [2.24, 2.45) is 0 Å².